The summed E-state index contributed by atoms with van der Waals surface area (Å²) >= 11 is 0. The van der Waals surface area contributed by atoms with E-state index in [1.54, 1.807) is 24.3 Å². The van der Waals surface area contributed by atoms with E-state index >= 15 is 0 Å². The second-order valence-electron chi connectivity index (χ2n) is 9.55. The first-order valence-electron chi connectivity index (χ1n) is 12.4. The van der Waals surface area contributed by atoms with E-state index in [0.717, 1.165) is 17.7 Å². The Morgan fingerprint density at radius 3 is 1.49 bits per heavy atom. The van der Waals surface area contributed by atoms with Crippen LogP contribution in [0.4, 0.5) is 0 Å². The first-order valence-corrected chi connectivity index (χ1v) is 15.2. The Bertz CT molecular complexity index is 1240. The van der Waals surface area contributed by atoms with Gasteiger partial charge in [-0.05, 0) is 62.6 Å². The predicted molar refractivity (Wildman–Crippen MR) is 154 cm³/mol. The molecule has 3 aromatic rings. The predicted octanol–water partition coefficient (Wildman–Crippen LogP) is 3.65. The molecule has 0 radical (unpaired) electrons. The summed E-state index contributed by atoms with van der Waals surface area (Å²) < 4.78 is 59.1. The van der Waals surface area contributed by atoms with Crippen LogP contribution in [0.3, 0.4) is 0 Å². The van der Waals surface area contributed by atoms with Crippen LogP contribution in [-0.2, 0) is 26.7 Å². The molecule has 0 aliphatic carbocycles. The van der Waals surface area contributed by atoms with Gasteiger partial charge in [-0.1, -0.05) is 79.6 Å². The molecule has 0 fully saturated rings. The molecule has 6 N–H and O–H groups in total. The van der Waals surface area contributed by atoms with Crippen LogP contribution in [0.2, 0.25) is 0 Å². The van der Waals surface area contributed by atoms with Gasteiger partial charge in [0.1, 0.15) is 0 Å². The van der Waals surface area contributed by atoms with Gasteiger partial charge in [0.25, 0.3) is 20.2 Å². The number of aliphatic hydroxyl groups excluding tert-OH is 1. The summed E-state index contributed by atoms with van der Waals surface area (Å²) in [7, 11) is -8.04. The number of nitrogens with one attached hydrogen (secondary N) is 1. The van der Waals surface area contributed by atoms with Crippen LogP contribution in [0.5, 0.6) is 0 Å². The lowest BCUT2D eigenvalue weighted by molar-refractivity contribution is 0.141. The number of hydrogen-bond acceptors (Lipinski definition) is 7. The number of hydrogen-bond donors (Lipinski definition) is 5. The van der Waals surface area contributed by atoms with Crippen LogP contribution in [0.15, 0.2) is 88.7 Å². The van der Waals surface area contributed by atoms with Crippen molar-refractivity contribution in [2.24, 2.45) is 11.7 Å². The molecule has 0 aromatic heterocycles. The van der Waals surface area contributed by atoms with E-state index in [0.29, 0.717) is 18.9 Å². The third kappa shape index (κ3) is 14.9. The van der Waals surface area contributed by atoms with Gasteiger partial charge in [0, 0.05) is 12.6 Å². The Labute approximate surface area is 232 Å². The van der Waals surface area contributed by atoms with Gasteiger partial charge in [-0.25, -0.2) is 0 Å². The highest BCUT2D eigenvalue weighted by molar-refractivity contribution is 7.86. The van der Waals surface area contributed by atoms with E-state index in [1.165, 1.54) is 29.8 Å². The second-order valence-corrected chi connectivity index (χ2v) is 12.4. The van der Waals surface area contributed by atoms with Gasteiger partial charge in [-0.15, -0.1) is 0 Å². The van der Waals surface area contributed by atoms with Gasteiger partial charge in [0.15, 0.2) is 0 Å². The van der Waals surface area contributed by atoms with Gasteiger partial charge in [-0.2, -0.15) is 16.8 Å². The lowest BCUT2D eigenvalue weighted by atomic mass is 10.0. The van der Waals surface area contributed by atoms with Gasteiger partial charge in [0.05, 0.1) is 15.9 Å². The molecular weight excluding hydrogens is 540 g/mol. The number of nitrogens with two attached hydrogens (primary N) is 1. The van der Waals surface area contributed by atoms with E-state index in [-0.39, 0.29) is 15.8 Å². The maximum Gasteiger partial charge on any atom is 0.294 e. The topological polar surface area (TPSA) is 167 Å². The Morgan fingerprint density at radius 1 is 0.718 bits per heavy atom. The standard InChI is InChI=1S/C14H24N2O.2C7H8O3S/c1-11(2)9-16-10-14(17)13(15)8-12-6-4-3-5-7-12;2*1-6-2-4-7(5-3-6)11(8,9)10/h3-7,11,13-14,16-17H,8-10,15H2,1-2H3;2*2-5H,1H3,(H,8,9,10)/t13-,14+;;/m0../s1. The minimum Gasteiger partial charge on any atom is -0.390 e. The molecule has 0 heterocycles. The molecule has 0 aliphatic heterocycles. The van der Waals surface area contributed by atoms with Crippen molar-refractivity contribution in [3.8, 4) is 0 Å². The van der Waals surface area contributed by atoms with Crippen LogP contribution in [-0.4, -0.2) is 56.3 Å². The summed E-state index contributed by atoms with van der Waals surface area (Å²) in [5.74, 6) is 0.590. The summed E-state index contributed by atoms with van der Waals surface area (Å²) in [5.41, 5.74) is 9.06. The third-order valence-electron chi connectivity index (χ3n) is 5.35. The Kier molecular flexibility index (Phi) is 14.5. The van der Waals surface area contributed by atoms with E-state index in [1.807, 2.05) is 44.2 Å². The van der Waals surface area contributed by atoms with Crippen molar-refractivity contribution in [1.29, 1.82) is 0 Å². The largest absolute Gasteiger partial charge is 0.390 e. The molecule has 3 rings (SSSR count). The molecule has 11 heteroatoms. The van der Waals surface area contributed by atoms with Crippen molar-refractivity contribution >= 4 is 20.2 Å². The molecule has 0 spiro atoms. The molecule has 0 amide bonds. The molecule has 0 saturated carbocycles. The van der Waals surface area contributed by atoms with Crippen molar-refractivity contribution in [1.82, 2.24) is 5.32 Å². The molecule has 216 valence electrons. The van der Waals surface area contributed by atoms with Gasteiger partial charge in [-0.3, -0.25) is 9.11 Å². The van der Waals surface area contributed by atoms with Crippen molar-refractivity contribution in [2.45, 2.75) is 56.1 Å². The molecule has 0 unspecified atom stereocenters. The van der Waals surface area contributed by atoms with Crippen LogP contribution in [0.25, 0.3) is 0 Å². The summed E-state index contributed by atoms with van der Waals surface area (Å²) in [6, 6.07) is 21.8. The van der Waals surface area contributed by atoms with E-state index in [9.17, 15) is 21.9 Å². The molecule has 2 atom stereocenters. The highest BCUT2D eigenvalue weighted by atomic mass is 32.2. The maximum atomic E-state index is 10.5. The fraction of sp³-hybridized carbons (Fsp3) is 0.357. The zero-order chi connectivity index (χ0) is 29.6. The maximum absolute atomic E-state index is 10.5. The van der Waals surface area contributed by atoms with Crippen molar-refractivity contribution in [3.63, 3.8) is 0 Å². The number of rotatable bonds is 9. The Balaban J connectivity index is 0.000000304. The fourth-order valence-corrected chi connectivity index (χ4v) is 4.07. The zero-order valence-corrected chi connectivity index (χ0v) is 24.4. The number of benzene rings is 3. The lowest BCUT2D eigenvalue weighted by Gasteiger charge is -2.20. The first kappa shape index (κ1) is 34.4. The molecule has 0 saturated heterocycles. The minimum atomic E-state index is -4.02. The number of aliphatic hydroxyl groups is 1. The lowest BCUT2D eigenvalue weighted by Crippen LogP contribution is -2.43. The highest BCUT2D eigenvalue weighted by Crippen LogP contribution is 2.09. The Hall–Kier alpha value is -2.64. The molecule has 3 aromatic carbocycles. The molecule has 0 aliphatic rings. The van der Waals surface area contributed by atoms with Crippen molar-refractivity contribution in [2.75, 3.05) is 13.1 Å². The monoisotopic (exact) mass is 580 g/mol. The average Bonchev–Trinajstić information content (AvgIpc) is 2.84. The van der Waals surface area contributed by atoms with E-state index in [2.05, 4.69) is 19.2 Å². The molecule has 39 heavy (non-hydrogen) atoms. The summed E-state index contributed by atoms with van der Waals surface area (Å²) in [4.78, 5) is -0.133. The zero-order valence-electron chi connectivity index (χ0n) is 22.7. The van der Waals surface area contributed by atoms with Gasteiger partial charge in [0.2, 0.25) is 0 Å². The highest BCUT2D eigenvalue weighted by Gasteiger charge is 2.14. The first-order chi connectivity index (χ1) is 18.1. The average molecular weight is 581 g/mol. The summed E-state index contributed by atoms with van der Waals surface area (Å²) in [6.07, 6.45) is 0.222. The molecular formula is C28H40N2O7S2. The minimum absolute atomic E-state index is 0.0666. The fourth-order valence-electron chi connectivity index (χ4n) is 3.11. The van der Waals surface area contributed by atoms with Gasteiger partial charge < -0.3 is 16.2 Å². The third-order valence-corrected chi connectivity index (χ3v) is 7.09. The summed E-state index contributed by atoms with van der Waals surface area (Å²) in [5, 5.41) is 13.1. The SMILES string of the molecule is CC(C)CNC[C@@H](O)[C@@H](N)Cc1ccccc1.Cc1ccc(S(=O)(=O)O)cc1.Cc1ccc(S(=O)(=O)O)cc1. The van der Waals surface area contributed by atoms with Crippen molar-refractivity contribution < 1.29 is 31.0 Å². The second kappa shape index (κ2) is 16.5. The van der Waals surface area contributed by atoms with E-state index < -0.39 is 26.3 Å². The van der Waals surface area contributed by atoms with E-state index in [4.69, 9.17) is 14.8 Å². The number of aryl methyl sites for hydroxylation is 2. The van der Waals surface area contributed by atoms with Crippen LogP contribution in [0.1, 0.15) is 30.5 Å². The molecule has 0 bridgehead atoms. The van der Waals surface area contributed by atoms with Crippen LogP contribution < -0.4 is 11.1 Å². The van der Waals surface area contributed by atoms with Crippen LogP contribution in [0, 0.1) is 19.8 Å². The molecule has 9 nitrogen and oxygen atoms in total. The van der Waals surface area contributed by atoms with Gasteiger partial charge >= 0.3 is 0 Å². The van der Waals surface area contributed by atoms with Crippen LogP contribution >= 0.6 is 0 Å². The van der Waals surface area contributed by atoms with Crippen molar-refractivity contribution in [3.05, 3.63) is 95.6 Å². The quantitative estimate of drug-likeness (QED) is 0.237. The Morgan fingerprint density at radius 2 is 1.13 bits per heavy atom. The summed E-state index contributed by atoms with van der Waals surface area (Å²) in [6.45, 7) is 9.44. The normalized spacial score (nSPS) is 12.9. The smallest absolute Gasteiger partial charge is 0.294 e.